The topological polar surface area (TPSA) is 115 Å². The Bertz CT molecular complexity index is 578. The summed E-state index contributed by atoms with van der Waals surface area (Å²) in [5.74, 6) is -3.96. The Hall–Kier alpha value is -1.89. The van der Waals surface area contributed by atoms with Crippen molar-refractivity contribution in [3.8, 4) is 0 Å². The maximum atomic E-state index is 11.1. The van der Waals surface area contributed by atoms with Gasteiger partial charge in [0.1, 0.15) is 6.54 Å². The smallest absolute Gasteiger partial charge is 0.359 e. The van der Waals surface area contributed by atoms with Crippen LogP contribution in [-0.2, 0) is 14.4 Å². The van der Waals surface area contributed by atoms with Gasteiger partial charge in [-0.25, -0.2) is 9.59 Å². The zero-order chi connectivity index (χ0) is 27.6. The fourth-order valence-corrected chi connectivity index (χ4v) is 4.94. The number of rotatable bonds is 28. The average Bonchev–Trinajstić information content (AvgIpc) is 2.81. The van der Waals surface area contributed by atoms with Crippen LogP contribution in [0, 0.1) is 0 Å². The van der Waals surface area contributed by atoms with Crippen LogP contribution in [0.1, 0.15) is 142 Å². The van der Waals surface area contributed by atoms with Crippen LogP contribution in [0.15, 0.2) is 12.3 Å². The van der Waals surface area contributed by atoms with Crippen LogP contribution in [0.25, 0.3) is 0 Å². The van der Waals surface area contributed by atoms with Gasteiger partial charge in [0, 0.05) is 0 Å². The highest BCUT2D eigenvalue weighted by molar-refractivity contribution is 5.72. The van der Waals surface area contributed by atoms with Gasteiger partial charge in [0.2, 0.25) is 0 Å². The van der Waals surface area contributed by atoms with Crippen LogP contribution in [0.4, 0.5) is 0 Å². The predicted molar refractivity (Wildman–Crippen MR) is 147 cm³/mol. The summed E-state index contributed by atoms with van der Waals surface area (Å²) < 4.78 is -0.674. The molecular weight excluding hydrogens is 470 g/mol. The Kier molecular flexibility index (Phi) is 23.2. The van der Waals surface area contributed by atoms with Gasteiger partial charge in [-0.1, -0.05) is 129 Å². The number of hydrogen-bond donors (Lipinski definition) is 2. The second kappa shape index (κ2) is 24.4. The van der Waals surface area contributed by atoms with Gasteiger partial charge in [-0.2, -0.15) is 0 Å². The van der Waals surface area contributed by atoms with Crippen LogP contribution in [0.5, 0.6) is 0 Å². The van der Waals surface area contributed by atoms with Crippen molar-refractivity contribution in [2.24, 2.45) is 0 Å². The van der Waals surface area contributed by atoms with Crippen LogP contribution in [-0.4, -0.2) is 52.2 Å². The first-order valence-electron chi connectivity index (χ1n) is 15.0. The van der Waals surface area contributed by atoms with E-state index in [1.165, 1.54) is 115 Å². The van der Waals surface area contributed by atoms with Crippen molar-refractivity contribution in [3.63, 3.8) is 0 Å². The van der Waals surface area contributed by atoms with E-state index in [0.29, 0.717) is 6.42 Å². The third kappa shape index (κ3) is 24.2. The lowest BCUT2D eigenvalue weighted by molar-refractivity contribution is -0.859. The minimum Gasteiger partial charge on any atom is -0.544 e. The van der Waals surface area contributed by atoms with Crippen molar-refractivity contribution < 1.29 is 34.2 Å². The minimum absolute atomic E-state index is 0.601. The summed E-state index contributed by atoms with van der Waals surface area (Å²) in [4.78, 5) is 33.3. The van der Waals surface area contributed by atoms with Gasteiger partial charge in [0.25, 0.3) is 0 Å². The zero-order valence-electron chi connectivity index (χ0n) is 23.6. The molecule has 7 nitrogen and oxygen atoms in total. The second-order valence-corrected chi connectivity index (χ2v) is 10.7. The third-order valence-electron chi connectivity index (χ3n) is 6.99. The number of nitrogens with zero attached hydrogens (tertiary/aromatic N) is 1. The molecule has 0 saturated heterocycles. The van der Waals surface area contributed by atoms with Gasteiger partial charge in [-0.15, -0.1) is 0 Å². The van der Waals surface area contributed by atoms with Gasteiger partial charge in [-0.05, 0) is 18.9 Å². The molecule has 0 aromatic rings. The standard InChI is InChI=1S/C30H55NO6/c1-2-3-4-5-6-7-8-9-10-11-12-13-14-15-16-17-18-19-20-21-22-23-24-31(25-28(32)33,26-29(34)35)27-30(36)37/h23-24H,2-22,25-27H2,1H3,(H2-,32,33,34,35,36,37)/b24-23+. The lowest BCUT2D eigenvalue weighted by Gasteiger charge is -2.32. The van der Waals surface area contributed by atoms with Crippen molar-refractivity contribution >= 4 is 17.9 Å². The predicted octanol–water partition coefficient (Wildman–Crippen LogP) is 6.45. The van der Waals surface area contributed by atoms with Crippen molar-refractivity contribution in [1.82, 2.24) is 0 Å². The molecule has 0 radical (unpaired) electrons. The molecule has 0 heterocycles. The van der Waals surface area contributed by atoms with E-state index < -0.39 is 42.0 Å². The van der Waals surface area contributed by atoms with Crippen LogP contribution in [0.2, 0.25) is 0 Å². The summed E-state index contributed by atoms with van der Waals surface area (Å²) in [5.41, 5.74) is 0. The first-order valence-corrected chi connectivity index (χ1v) is 15.0. The second-order valence-electron chi connectivity index (χ2n) is 10.7. The van der Waals surface area contributed by atoms with Crippen LogP contribution in [0.3, 0.4) is 0 Å². The molecule has 0 spiro atoms. The van der Waals surface area contributed by atoms with Crippen molar-refractivity contribution in [3.05, 3.63) is 12.3 Å². The summed E-state index contributed by atoms with van der Waals surface area (Å²) in [6, 6.07) is 0. The Balaban J connectivity index is 3.68. The summed E-state index contributed by atoms with van der Waals surface area (Å²) in [6.07, 6.45) is 30.1. The highest BCUT2D eigenvalue weighted by Crippen LogP contribution is 2.15. The molecule has 0 saturated carbocycles. The third-order valence-corrected chi connectivity index (χ3v) is 6.99. The Morgan fingerprint density at radius 1 is 0.568 bits per heavy atom. The zero-order valence-corrected chi connectivity index (χ0v) is 23.6. The summed E-state index contributed by atoms with van der Waals surface area (Å²) in [6.45, 7) is 0.394. The highest BCUT2D eigenvalue weighted by Gasteiger charge is 2.31. The molecule has 0 rings (SSSR count). The Labute approximate surface area is 225 Å². The SMILES string of the molecule is CCCCCCCCCCCCCCCCCCCCCC/C=C/[N+](CC(=O)[O-])(CC(=O)O)CC(=O)O. The molecule has 0 aliphatic carbocycles. The molecule has 2 N–H and O–H groups in total. The number of carboxylic acid groups (broad SMARTS) is 3. The molecule has 0 bridgehead atoms. The van der Waals surface area contributed by atoms with E-state index in [4.69, 9.17) is 10.2 Å². The molecule has 0 unspecified atom stereocenters. The number of unbranched alkanes of at least 4 members (excludes halogenated alkanes) is 20. The maximum Gasteiger partial charge on any atom is 0.359 e. The molecule has 0 aliphatic rings. The van der Waals surface area contributed by atoms with E-state index in [2.05, 4.69) is 6.92 Å². The summed E-state index contributed by atoms with van der Waals surface area (Å²) >= 11 is 0. The monoisotopic (exact) mass is 525 g/mol. The Morgan fingerprint density at radius 2 is 0.892 bits per heavy atom. The fourth-order valence-electron chi connectivity index (χ4n) is 4.94. The first kappa shape index (κ1) is 35.1. The number of hydrogen-bond acceptors (Lipinski definition) is 4. The van der Waals surface area contributed by atoms with E-state index in [1.807, 2.05) is 0 Å². The van der Waals surface area contributed by atoms with E-state index in [1.54, 1.807) is 6.08 Å². The lowest BCUT2D eigenvalue weighted by Crippen LogP contribution is -2.55. The lowest BCUT2D eigenvalue weighted by atomic mass is 10.0. The molecule has 37 heavy (non-hydrogen) atoms. The molecule has 0 atom stereocenters. The number of allylic oxidation sites excluding steroid dienone is 1. The van der Waals surface area contributed by atoms with E-state index in [-0.39, 0.29) is 0 Å². The summed E-state index contributed by atoms with van der Waals surface area (Å²) in [7, 11) is 0. The normalized spacial score (nSPS) is 11.8. The Morgan fingerprint density at radius 3 is 1.19 bits per heavy atom. The maximum absolute atomic E-state index is 11.1. The van der Waals surface area contributed by atoms with Gasteiger partial charge in [0.05, 0.1) is 12.2 Å². The van der Waals surface area contributed by atoms with Gasteiger partial charge in [-0.3, -0.25) is 4.48 Å². The fraction of sp³-hybridized carbons (Fsp3) is 0.833. The van der Waals surface area contributed by atoms with Gasteiger partial charge in [0.15, 0.2) is 13.1 Å². The van der Waals surface area contributed by atoms with Gasteiger partial charge < -0.3 is 20.1 Å². The molecule has 0 aromatic carbocycles. The van der Waals surface area contributed by atoms with Crippen molar-refractivity contribution in [1.29, 1.82) is 0 Å². The van der Waals surface area contributed by atoms with Crippen molar-refractivity contribution in [2.45, 2.75) is 142 Å². The molecule has 0 aromatic heterocycles. The largest absolute Gasteiger partial charge is 0.544 e. The van der Waals surface area contributed by atoms with Crippen molar-refractivity contribution in [2.75, 3.05) is 19.6 Å². The minimum atomic E-state index is -1.47. The molecule has 0 amide bonds. The highest BCUT2D eigenvalue weighted by atomic mass is 16.4. The number of carboxylic acids is 3. The molecule has 0 fully saturated rings. The average molecular weight is 526 g/mol. The first-order chi connectivity index (χ1) is 17.8. The number of carbonyl (C=O) groups excluding carboxylic acids is 1. The quantitative estimate of drug-likeness (QED) is 0.0896. The summed E-state index contributed by atoms with van der Waals surface area (Å²) in [5, 5.41) is 29.2. The molecule has 7 heteroatoms. The number of aliphatic carboxylic acids is 3. The number of quaternary nitrogens is 1. The van der Waals surface area contributed by atoms with Gasteiger partial charge >= 0.3 is 11.9 Å². The van der Waals surface area contributed by atoms with Crippen LogP contribution >= 0.6 is 0 Å². The molecular formula is C30H55NO6. The molecule has 0 aliphatic heterocycles. The van der Waals surface area contributed by atoms with E-state index >= 15 is 0 Å². The number of carbonyl (C=O) groups is 3. The van der Waals surface area contributed by atoms with Crippen LogP contribution < -0.4 is 5.11 Å². The van der Waals surface area contributed by atoms with E-state index in [9.17, 15) is 19.5 Å². The van der Waals surface area contributed by atoms with E-state index in [0.717, 1.165) is 19.3 Å². The molecule has 216 valence electrons.